The van der Waals surface area contributed by atoms with Gasteiger partial charge < -0.3 is 5.32 Å². The minimum atomic E-state index is 0.0472. The first kappa shape index (κ1) is 10.9. The number of carbonyl (C=O) groups excluding carboxylic acids is 1. The van der Waals surface area contributed by atoms with Gasteiger partial charge in [0.15, 0.2) is 0 Å². The predicted molar refractivity (Wildman–Crippen MR) is 66.3 cm³/mol. The van der Waals surface area contributed by atoms with Crippen molar-refractivity contribution in [3.63, 3.8) is 0 Å². The van der Waals surface area contributed by atoms with Crippen LogP contribution < -0.4 is 5.32 Å². The fourth-order valence-corrected chi connectivity index (χ4v) is 2.91. The zero-order valence-corrected chi connectivity index (χ0v) is 10.6. The summed E-state index contributed by atoms with van der Waals surface area (Å²) in [5, 5.41) is 3.05. The van der Waals surface area contributed by atoms with Gasteiger partial charge >= 0.3 is 0 Å². The Hall–Kier alpha value is -0.610. The van der Waals surface area contributed by atoms with Crippen LogP contribution in [0.4, 0.5) is 0 Å². The first-order valence-electron chi connectivity index (χ1n) is 4.97. The molecule has 1 aliphatic carbocycles. The van der Waals surface area contributed by atoms with E-state index in [1.165, 1.54) is 11.3 Å². The highest BCUT2D eigenvalue weighted by atomic mass is 79.9. The molecule has 2 rings (SSSR count). The van der Waals surface area contributed by atoms with E-state index in [2.05, 4.69) is 33.4 Å². The van der Waals surface area contributed by atoms with Crippen molar-refractivity contribution in [1.82, 2.24) is 5.32 Å². The van der Waals surface area contributed by atoms with E-state index in [1.807, 2.05) is 12.1 Å². The Morgan fingerprint density at radius 3 is 2.93 bits per heavy atom. The molecule has 0 spiro atoms. The highest BCUT2D eigenvalue weighted by Gasteiger charge is 2.15. The standard InChI is InChI=1S/C11H12BrNOS/c12-10-7-6-9(15-10)11(14)13-8-4-2-1-3-5-8/h1-2,6-8H,3-5H2,(H,13,14). The van der Waals surface area contributed by atoms with Gasteiger partial charge in [-0.05, 0) is 47.3 Å². The Balaban J connectivity index is 1.94. The van der Waals surface area contributed by atoms with E-state index in [1.54, 1.807) is 0 Å². The van der Waals surface area contributed by atoms with Gasteiger partial charge in [-0.2, -0.15) is 0 Å². The molecular formula is C11H12BrNOS. The molecule has 0 saturated carbocycles. The SMILES string of the molecule is O=C(NC1CC=CCC1)c1ccc(Br)s1. The van der Waals surface area contributed by atoms with Crippen molar-refractivity contribution in [1.29, 1.82) is 0 Å². The normalized spacial score (nSPS) is 20.2. The van der Waals surface area contributed by atoms with Crippen LogP contribution >= 0.6 is 27.3 Å². The summed E-state index contributed by atoms with van der Waals surface area (Å²) in [6.45, 7) is 0. The highest BCUT2D eigenvalue weighted by Crippen LogP contribution is 2.22. The third kappa shape index (κ3) is 2.92. The molecule has 1 atom stereocenters. The maximum absolute atomic E-state index is 11.8. The molecule has 2 nitrogen and oxygen atoms in total. The number of allylic oxidation sites excluding steroid dienone is 1. The van der Waals surface area contributed by atoms with E-state index < -0.39 is 0 Å². The molecule has 1 N–H and O–H groups in total. The van der Waals surface area contributed by atoms with E-state index in [9.17, 15) is 4.79 Å². The molecule has 1 unspecified atom stereocenters. The van der Waals surface area contributed by atoms with Crippen molar-refractivity contribution in [2.45, 2.75) is 25.3 Å². The number of hydrogen-bond acceptors (Lipinski definition) is 2. The molecule has 0 fully saturated rings. The molecule has 15 heavy (non-hydrogen) atoms. The van der Waals surface area contributed by atoms with Crippen LogP contribution in [0.25, 0.3) is 0 Å². The summed E-state index contributed by atoms with van der Waals surface area (Å²) >= 11 is 4.82. The van der Waals surface area contributed by atoms with Crippen LogP contribution in [0.3, 0.4) is 0 Å². The molecular weight excluding hydrogens is 274 g/mol. The van der Waals surface area contributed by atoms with Gasteiger partial charge in [0.2, 0.25) is 0 Å². The van der Waals surface area contributed by atoms with Crippen LogP contribution in [0.2, 0.25) is 0 Å². The molecule has 1 heterocycles. The zero-order valence-electron chi connectivity index (χ0n) is 8.20. The van der Waals surface area contributed by atoms with E-state index in [0.29, 0.717) is 6.04 Å². The Morgan fingerprint density at radius 1 is 1.47 bits per heavy atom. The van der Waals surface area contributed by atoms with Crippen molar-refractivity contribution in [2.75, 3.05) is 0 Å². The summed E-state index contributed by atoms with van der Waals surface area (Å²) < 4.78 is 0.996. The molecule has 1 aliphatic rings. The summed E-state index contributed by atoms with van der Waals surface area (Å²) in [5.41, 5.74) is 0. The number of halogens is 1. The summed E-state index contributed by atoms with van der Waals surface area (Å²) in [5.74, 6) is 0.0472. The number of nitrogens with one attached hydrogen (secondary N) is 1. The van der Waals surface area contributed by atoms with Crippen LogP contribution in [0, 0.1) is 0 Å². The third-order valence-electron chi connectivity index (χ3n) is 2.40. The molecule has 1 aromatic rings. The van der Waals surface area contributed by atoms with E-state index >= 15 is 0 Å². The van der Waals surface area contributed by atoms with Crippen LogP contribution in [0.15, 0.2) is 28.1 Å². The largest absolute Gasteiger partial charge is 0.348 e. The lowest BCUT2D eigenvalue weighted by molar-refractivity contribution is 0.0939. The molecule has 0 bridgehead atoms. The number of amides is 1. The van der Waals surface area contributed by atoms with Crippen molar-refractivity contribution in [3.05, 3.63) is 32.9 Å². The average molecular weight is 286 g/mol. The molecule has 1 aromatic heterocycles. The quantitative estimate of drug-likeness (QED) is 0.830. The minimum Gasteiger partial charge on any atom is -0.348 e. The number of carbonyl (C=O) groups is 1. The maximum Gasteiger partial charge on any atom is 0.261 e. The van der Waals surface area contributed by atoms with Gasteiger partial charge in [-0.3, -0.25) is 4.79 Å². The Bertz CT molecular complexity index is 386. The zero-order chi connectivity index (χ0) is 10.7. The molecule has 80 valence electrons. The second-order valence-corrected chi connectivity index (χ2v) is 6.02. The van der Waals surface area contributed by atoms with Crippen LogP contribution in [0.5, 0.6) is 0 Å². The average Bonchev–Trinajstić information content (AvgIpc) is 2.66. The van der Waals surface area contributed by atoms with Gasteiger partial charge in [0, 0.05) is 6.04 Å². The van der Waals surface area contributed by atoms with E-state index in [0.717, 1.165) is 27.9 Å². The van der Waals surface area contributed by atoms with Crippen molar-refractivity contribution < 1.29 is 4.79 Å². The fourth-order valence-electron chi connectivity index (χ4n) is 1.62. The Morgan fingerprint density at radius 2 is 2.33 bits per heavy atom. The lowest BCUT2D eigenvalue weighted by Crippen LogP contribution is -2.34. The summed E-state index contributed by atoms with van der Waals surface area (Å²) in [4.78, 5) is 12.6. The number of thiophene rings is 1. The van der Waals surface area contributed by atoms with Gasteiger partial charge in [0.05, 0.1) is 8.66 Å². The van der Waals surface area contributed by atoms with Crippen molar-refractivity contribution >= 4 is 33.2 Å². The topological polar surface area (TPSA) is 29.1 Å². The summed E-state index contributed by atoms with van der Waals surface area (Å²) in [7, 11) is 0. The number of hydrogen-bond donors (Lipinski definition) is 1. The molecule has 0 aromatic carbocycles. The van der Waals surface area contributed by atoms with Gasteiger partial charge in [0.25, 0.3) is 5.91 Å². The Kier molecular flexibility index (Phi) is 3.59. The third-order valence-corrected chi connectivity index (χ3v) is 4.02. The van der Waals surface area contributed by atoms with Gasteiger partial charge in [0.1, 0.15) is 0 Å². The predicted octanol–water partition coefficient (Wildman–Crippen LogP) is 3.35. The van der Waals surface area contributed by atoms with E-state index in [4.69, 9.17) is 0 Å². The lowest BCUT2D eigenvalue weighted by Gasteiger charge is -2.18. The fraction of sp³-hybridized carbons (Fsp3) is 0.364. The molecule has 0 saturated heterocycles. The molecule has 1 amide bonds. The molecule has 4 heteroatoms. The van der Waals surface area contributed by atoms with Crippen LogP contribution in [-0.4, -0.2) is 11.9 Å². The maximum atomic E-state index is 11.8. The van der Waals surface area contributed by atoms with Gasteiger partial charge in [-0.25, -0.2) is 0 Å². The second-order valence-electron chi connectivity index (χ2n) is 3.56. The van der Waals surface area contributed by atoms with Gasteiger partial charge in [-0.15, -0.1) is 11.3 Å². The highest BCUT2D eigenvalue weighted by molar-refractivity contribution is 9.11. The second kappa shape index (κ2) is 4.94. The molecule has 0 radical (unpaired) electrons. The minimum absolute atomic E-state index is 0.0472. The summed E-state index contributed by atoms with van der Waals surface area (Å²) in [6, 6.07) is 4.06. The monoisotopic (exact) mass is 285 g/mol. The first-order chi connectivity index (χ1) is 7.25. The van der Waals surface area contributed by atoms with Gasteiger partial charge in [-0.1, -0.05) is 12.2 Å². The smallest absolute Gasteiger partial charge is 0.261 e. The lowest BCUT2D eigenvalue weighted by atomic mass is 10.0. The summed E-state index contributed by atoms with van der Waals surface area (Å²) in [6.07, 6.45) is 7.38. The van der Waals surface area contributed by atoms with E-state index in [-0.39, 0.29) is 5.91 Å². The first-order valence-corrected chi connectivity index (χ1v) is 6.58. The number of rotatable bonds is 2. The van der Waals surface area contributed by atoms with Crippen molar-refractivity contribution in [3.8, 4) is 0 Å². The Labute approximate surface area is 102 Å². The van der Waals surface area contributed by atoms with Crippen LogP contribution in [0.1, 0.15) is 28.9 Å². The molecule has 0 aliphatic heterocycles. The van der Waals surface area contributed by atoms with Crippen molar-refractivity contribution in [2.24, 2.45) is 0 Å². The van der Waals surface area contributed by atoms with Crippen LogP contribution in [-0.2, 0) is 0 Å².